The van der Waals surface area contributed by atoms with Crippen molar-refractivity contribution in [2.45, 2.75) is 0 Å². The highest BCUT2D eigenvalue weighted by molar-refractivity contribution is 7.71. The molecule has 0 amide bonds. The van der Waals surface area contributed by atoms with Crippen molar-refractivity contribution in [3.63, 3.8) is 0 Å². The lowest BCUT2D eigenvalue weighted by Crippen LogP contribution is -2.19. The molecule has 0 aliphatic carbocycles. The van der Waals surface area contributed by atoms with Gasteiger partial charge in [-0.15, -0.1) is 11.3 Å². The van der Waals surface area contributed by atoms with E-state index in [9.17, 15) is 4.79 Å². The van der Waals surface area contributed by atoms with Crippen molar-refractivity contribution in [2.75, 3.05) is 0 Å². The number of fused-ring (bicyclic) bond motifs is 2. The molecular weight excluding hydrogens is 300 g/mol. The van der Waals surface area contributed by atoms with Crippen LogP contribution in [0.5, 0.6) is 0 Å². The molecule has 4 aromatic rings. The third kappa shape index (κ3) is 1.86. The van der Waals surface area contributed by atoms with Gasteiger partial charge in [0.1, 0.15) is 4.70 Å². The molecule has 0 aliphatic heterocycles. The van der Waals surface area contributed by atoms with Crippen LogP contribution in [0.15, 0.2) is 58.7 Å². The van der Waals surface area contributed by atoms with Crippen LogP contribution in [0, 0.1) is 4.77 Å². The number of H-pyrrole nitrogens is 1. The molecule has 4 rings (SSSR count). The molecular formula is C16H10N2OS2. The Kier molecular flexibility index (Phi) is 2.77. The highest BCUT2D eigenvalue weighted by Crippen LogP contribution is 2.22. The fraction of sp³-hybridized carbons (Fsp3) is 0. The number of aromatic nitrogens is 2. The minimum Gasteiger partial charge on any atom is -0.331 e. The molecule has 5 heteroatoms. The Bertz CT molecular complexity index is 1080. The summed E-state index contributed by atoms with van der Waals surface area (Å²) < 4.78 is 2.69. The number of hydrogen-bond donors (Lipinski definition) is 1. The van der Waals surface area contributed by atoms with E-state index in [1.165, 1.54) is 11.3 Å². The minimum absolute atomic E-state index is 0.0693. The topological polar surface area (TPSA) is 37.8 Å². The molecule has 0 spiro atoms. The lowest BCUT2D eigenvalue weighted by Gasteiger charge is -2.09. The second-order valence-electron chi connectivity index (χ2n) is 4.73. The van der Waals surface area contributed by atoms with Gasteiger partial charge in [0.25, 0.3) is 5.56 Å². The number of rotatable bonds is 1. The minimum atomic E-state index is -0.0693. The number of thiophene rings is 1. The van der Waals surface area contributed by atoms with E-state index in [4.69, 9.17) is 12.2 Å². The van der Waals surface area contributed by atoms with Gasteiger partial charge in [0, 0.05) is 5.39 Å². The standard InChI is InChI=1S/C16H10N2OS2/c19-15-14-12(8-9-21-14)17-16(20)18(15)13-7-3-5-10-4-1-2-6-11(10)13/h1-9H,(H,17,20). The number of benzene rings is 2. The molecule has 0 atom stereocenters. The SMILES string of the molecule is O=c1c2sccc2[nH]c(=S)n1-c1cccc2ccccc12. The third-order valence-corrected chi connectivity index (χ3v) is 4.70. The van der Waals surface area contributed by atoms with Gasteiger partial charge in [-0.1, -0.05) is 36.4 Å². The first-order chi connectivity index (χ1) is 10.3. The molecule has 0 saturated carbocycles. The summed E-state index contributed by atoms with van der Waals surface area (Å²) >= 11 is 6.82. The predicted octanol–water partition coefficient (Wildman–Crippen LogP) is 4.26. The van der Waals surface area contributed by atoms with E-state index >= 15 is 0 Å². The van der Waals surface area contributed by atoms with Crippen LogP contribution in [0.25, 0.3) is 26.7 Å². The van der Waals surface area contributed by atoms with Crippen LogP contribution in [0.2, 0.25) is 0 Å². The van der Waals surface area contributed by atoms with Gasteiger partial charge in [0.15, 0.2) is 4.77 Å². The van der Waals surface area contributed by atoms with Gasteiger partial charge in [-0.05, 0) is 35.1 Å². The summed E-state index contributed by atoms with van der Waals surface area (Å²) in [6.07, 6.45) is 0. The van der Waals surface area contributed by atoms with Gasteiger partial charge in [-0.2, -0.15) is 0 Å². The highest BCUT2D eigenvalue weighted by Gasteiger charge is 2.10. The monoisotopic (exact) mass is 310 g/mol. The third-order valence-electron chi connectivity index (χ3n) is 3.51. The molecule has 0 saturated heterocycles. The normalized spacial score (nSPS) is 11.2. The smallest absolute Gasteiger partial charge is 0.276 e. The van der Waals surface area contributed by atoms with E-state index in [2.05, 4.69) is 4.98 Å². The summed E-state index contributed by atoms with van der Waals surface area (Å²) in [5, 5.41) is 3.99. The molecule has 102 valence electrons. The van der Waals surface area contributed by atoms with Crippen LogP contribution in [0.1, 0.15) is 0 Å². The molecule has 3 nitrogen and oxygen atoms in total. The average Bonchev–Trinajstić information content (AvgIpc) is 2.96. The van der Waals surface area contributed by atoms with Crippen LogP contribution in [0.4, 0.5) is 0 Å². The lowest BCUT2D eigenvalue weighted by atomic mass is 10.1. The molecule has 0 bridgehead atoms. The largest absolute Gasteiger partial charge is 0.331 e. The second-order valence-corrected chi connectivity index (χ2v) is 6.04. The number of nitrogens with zero attached hydrogens (tertiary/aromatic N) is 1. The Labute approximate surface area is 129 Å². The quantitative estimate of drug-likeness (QED) is 0.533. The summed E-state index contributed by atoms with van der Waals surface area (Å²) in [5.74, 6) is 0. The second kappa shape index (κ2) is 4.65. The van der Waals surface area contributed by atoms with E-state index in [-0.39, 0.29) is 5.56 Å². The maximum atomic E-state index is 12.7. The lowest BCUT2D eigenvalue weighted by molar-refractivity contribution is 0.951. The zero-order valence-corrected chi connectivity index (χ0v) is 12.5. The Morgan fingerprint density at radius 1 is 1.05 bits per heavy atom. The molecule has 0 radical (unpaired) electrons. The maximum absolute atomic E-state index is 12.7. The van der Waals surface area contributed by atoms with Crippen LogP contribution in [-0.4, -0.2) is 9.55 Å². The highest BCUT2D eigenvalue weighted by atomic mass is 32.1. The number of aromatic amines is 1. The van der Waals surface area contributed by atoms with Crippen molar-refractivity contribution in [3.05, 3.63) is 69.0 Å². The average molecular weight is 310 g/mol. The van der Waals surface area contributed by atoms with Crippen molar-refractivity contribution < 1.29 is 0 Å². The van der Waals surface area contributed by atoms with Crippen molar-refractivity contribution in [1.82, 2.24) is 9.55 Å². The summed E-state index contributed by atoms with van der Waals surface area (Å²) in [5.41, 5.74) is 1.54. The van der Waals surface area contributed by atoms with Crippen LogP contribution >= 0.6 is 23.6 Å². The zero-order chi connectivity index (χ0) is 14.4. The summed E-state index contributed by atoms with van der Waals surface area (Å²) in [4.78, 5) is 15.9. The molecule has 0 unspecified atom stereocenters. The molecule has 0 aliphatic rings. The molecule has 2 aromatic heterocycles. The summed E-state index contributed by atoms with van der Waals surface area (Å²) in [6.45, 7) is 0. The van der Waals surface area contributed by atoms with Gasteiger partial charge in [0.05, 0.1) is 11.2 Å². The first-order valence-corrected chi connectivity index (χ1v) is 7.75. The van der Waals surface area contributed by atoms with Gasteiger partial charge in [-0.25, -0.2) is 0 Å². The van der Waals surface area contributed by atoms with E-state index in [0.717, 1.165) is 22.0 Å². The van der Waals surface area contributed by atoms with E-state index in [1.807, 2.05) is 53.9 Å². The zero-order valence-electron chi connectivity index (χ0n) is 10.9. The molecule has 0 fully saturated rings. The Balaban J connectivity index is 2.19. The summed E-state index contributed by atoms with van der Waals surface area (Å²) in [7, 11) is 0. The van der Waals surface area contributed by atoms with Gasteiger partial charge >= 0.3 is 0 Å². The summed E-state index contributed by atoms with van der Waals surface area (Å²) in [6, 6.07) is 15.8. The van der Waals surface area contributed by atoms with Crippen LogP contribution in [0.3, 0.4) is 0 Å². The van der Waals surface area contributed by atoms with Gasteiger partial charge in [0.2, 0.25) is 0 Å². The first kappa shape index (κ1) is 12.5. The number of nitrogens with one attached hydrogen (secondary N) is 1. The van der Waals surface area contributed by atoms with Crippen molar-refractivity contribution in [3.8, 4) is 5.69 Å². The predicted molar refractivity (Wildman–Crippen MR) is 90.1 cm³/mol. The van der Waals surface area contributed by atoms with Gasteiger partial charge in [-0.3, -0.25) is 9.36 Å². The fourth-order valence-corrected chi connectivity index (χ4v) is 3.63. The molecule has 21 heavy (non-hydrogen) atoms. The van der Waals surface area contributed by atoms with Crippen molar-refractivity contribution >= 4 is 44.5 Å². The Morgan fingerprint density at radius 3 is 2.76 bits per heavy atom. The molecule has 2 aromatic carbocycles. The fourth-order valence-electron chi connectivity index (χ4n) is 2.56. The Hall–Kier alpha value is -2.24. The van der Waals surface area contributed by atoms with Crippen LogP contribution in [-0.2, 0) is 0 Å². The molecule has 2 heterocycles. The Morgan fingerprint density at radius 2 is 1.86 bits per heavy atom. The van der Waals surface area contributed by atoms with Crippen molar-refractivity contribution in [2.24, 2.45) is 0 Å². The van der Waals surface area contributed by atoms with E-state index < -0.39 is 0 Å². The van der Waals surface area contributed by atoms with E-state index in [0.29, 0.717) is 9.47 Å². The maximum Gasteiger partial charge on any atom is 0.276 e. The van der Waals surface area contributed by atoms with Crippen LogP contribution < -0.4 is 5.56 Å². The molecule has 1 N–H and O–H groups in total. The van der Waals surface area contributed by atoms with Crippen molar-refractivity contribution in [1.29, 1.82) is 0 Å². The van der Waals surface area contributed by atoms with E-state index in [1.54, 1.807) is 4.57 Å². The van der Waals surface area contributed by atoms with Gasteiger partial charge < -0.3 is 4.98 Å². The first-order valence-electron chi connectivity index (χ1n) is 6.46. The number of hydrogen-bond acceptors (Lipinski definition) is 3.